The van der Waals surface area contributed by atoms with E-state index in [0.717, 1.165) is 0 Å². The zero-order chi connectivity index (χ0) is 14.6. The van der Waals surface area contributed by atoms with E-state index in [2.05, 4.69) is 60.4 Å². The van der Waals surface area contributed by atoms with E-state index < -0.39 is 5.60 Å². The Kier molecular flexibility index (Phi) is 2.64. The van der Waals surface area contributed by atoms with Gasteiger partial charge < -0.3 is 9.64 Å². The molecule has 2 aromatic carbocycles. The van der Waals surface area contributed by atoms with Crippen LogP contribution in [0.2, 0.25) is 0 Å². The lowest BCUT2D eigenvalue weighted by Gasteiger charge is -2.42. The van der Waals surface area contributed by atoms with Gasteiger partial charge in [-0.1, -0.05) is 61.5 Å². The highest BCUT2D eigenvalue weighted by atomic mass is 32.1. The molecule has 0 spiro atoms. The van der Waals surface area contributed by atoms with Gasteiger partial charge in [-0.15, -0.1) is 0 Å². The van der Waals surface area contributed by atoms with Crippen LogP contribution in [0.3, 0.4) is 0 Å². The molecule has 21 heavy (non-hydrogen) atoms. The van der Waals surface area contributed by atoms with Gasteiger partial charge in [0, 0.05) is 24.1 Å². The second kappa shape index (κ2) is 4.31. The van der Waals surface area contributed by atoms with Gasteiger partial charge in [-0.2, -0.15) is 0 Å². The summed E-state index contributed by atoms with van der Waals surface area (Å²) in [5.74, 6) is 0.365. The predicted molar refractivity (Wildman–Crippen MR) is 87.3 cm³/mol. The highest BCUT2D eigenvalue weighted by Gasteiger charge is 2.57. The fourth-order valence-electron chi connectivity index (χ4n) is 3.89. The Hall–Kier alpha value is -1.87. The van der Waals surface area contributed by atoms with E-state index in [1.54, 1.807) is 0 Å². The Morgan fingerprint density at radius 3 is 2.52 bits per heavy atom. The van der Waals surface area contributed by atoms with Gasteiger partial charge in [0.25, 0.3) is 5.17 Å². The molecule has 0 amide bonds. The number of thiocarbonyl (C=S) groups is 1. The summed E-state index contributed by atoms with van der Waals surface area (Å²) in [5.41, 5.74) is 3.23. The lowest BCUT2D eigenvalue weighted by Crippen LogP contribution is -2.48. The molecule has 1 heterocycles. The molecule has 0 radical (unpaired) electrons. The van der Waals surface area contributed by atoms with E-state index in [9.17, 15) is 0 Å². The van der Waals surface area contributed by atoms with Crippen molar-refractivity contribution in [2.75, 3.05) is 7.05 Å². The van der Waals surface area contributed by atoms with Gasteiger partial charge in [-0.05, 0) is 17.8 Å². The molecule has 2 bridgehead atoms. The minimum absolute atomic E-state index is 0.198. The summed E-state index contributed by atoms with van der Waals surface area (Å²) < 4.78 is 6.32. The molecule has 4 rings (SSSR count). The Labute approximate surface area is 130 Å². The van der Waals surface area contributed by atoms with Crippen LogP contribution in [-0.4, -0.2) is 23.2 Å². The summed E-state index contributed by atoms with van der Waals surface area (Å²) >= 11 is 5.47. The van der Waals surface area contributed by atoms with Gasteiger partial charge in [-0.25, -0.2) is 0 Å². The third-order valence-electron chi connectivity index (χ3n) is 4.89. The second-order valence-corrected chi connectivity index (χ2v) is 6.29. The van der Waals surface area contributed by atoms with Gasteiger partial charge in [0.2, 0.25) is 0 Å². The molecule has 0 N–H and O–H groups in total. The first kappa shape index (κ1) is 12.8. The van der Waals surface area contributed by atoms with E-state index >= 15 is 0 Å². The standard InChI is InChI=1S/C18H17NOS/c1-12-13-7-6-10-15(11-13)18(14-8-4-3-5-9-14)16(12)19(2)17(21)20-18/h3-12,16H,1-2H3/t12?,16-,18?/m0/s1. The quantitative estimate of drug-likeness (QED) is 0.745. The molecule has 2 aromatic rings. The van der Waals surface area contributed by atoms with Crippen LogP contribution in [0.5, 0.6) is 0 Å². The average Bonchev–Trinajstić information content (AvgIpc) is 2.80. The summed E-state index contributed by atoms with van der Waals surface area (Å²) in [6.07, 6.45) is 0. The summed E-state index contributed by atoms with van der Waals surface area (Å²) in [5, 5.41) is 0.582. The van der Waals surface area contributed by atoms with Crippen LogP contribution in [0.1, 0.15) is 29.5 Å². The molecule has 106 valence electrons. The van der Waals surface area contributed by atoms with E-state index in [-0.39, 0.29) is 6.04 Å². The summed E-state index contributed by atoms with van der Waals surface area (Å²) in [6.45, 7) is 2.26. The van der Waals surface area contributed by atoms with Crippen molar-refractivity contribution in [1.29, 1.82) is 0 Å². The van der Waals surface area contributed by atoms with Crippen LogP contribution in [0.15, 0.2) is 54.6 Å². The Morgan fingerprint density at radius 1 is 1.05 bits per heavy atom. The smallest absolute Gasteiger partial charge is 0.260 e. The number of benzene rings is 2. The number of hydrogen-bond acceptors (Lipinski definition) is 2. The van der Waals surface area contributed by atoms with Gasteiger partial charge in [0.1, 0.15) is 0 Å². The van der Waals surface area contributed by atoms with Crippen LogP contribution >= 0.6 is 12.2 Å². The molecule has 3 atom stereocenters. The first-order valence-electron chi connectivity index (χ1n) is 7.26. The van der Waals surface area contributed by atoms with Crippen molar-refractivity contribution >= 4 is 17.4 Å². The predicted octanol–water partition coefficient (Wildman–Crippen LogP) is 3.66. The van der Waals surface area contributed by atoms with Gasteiger partial charge >= 0.3 is 0 Å². The number of ether oxygens (including phenoxy) is 1. The SMILES string of the molecule is CC1c2cccc(c2)C2(c3ccccc3)OC(=S)N(C)[C@@H]12. The number of rotatable bonds is 1. The van der Waals surface area contributed by atoms with Crippen molar-refractivity contribution in [3.05, 3.63) is 71.3 Å². The summed E-state index contributed by atoms with van der Waals surface area (Å²) in [4.78, 5) is 2.12. The zero-order valence-corrected chi connectivity index (χ0v) is 12.9. The van der Waals surface area contributed by atoms with Crippen molar-refractivity contribution in [3.8, 4) is 0 Å². The third-order valence-corrected chi connectivity index (χ3v) is 5.26. The molecule has 0 saturated carbocycles. The van der Waals surface area contributed by atoms with Crippen molar-refractivity contribution in [3.63, 3.8) is 0 Å². The minimum atomic E-state index is -0.485. The molecule has 2 aliphatic rings. The summed E-state index contributed by atoms with van der Waals surface area (Å²) in [7, 11) is 2.04. The van der Waals surface area contributed by atoms with Gasteiger partial charge in [0.05, 0.1) is 6.04 Å². The number of fused-ring (bicyclic) bond motifs is 4. The molecular weight excluding hydrogens is 278 g/mol. The number of nitrogens with zero attached hydrogens (tertiary/aromatic N) is 1. The minimum Gasteiger partial charge on any atom is -0.452 e. The van der Waals surface area contributed by atoms with Crippen LogP contribution in [-0.2, 0) is 10.3 Å². The van der Waals surface area contributed by atoms with E-state index in [4.69, 9.17) is 17.0 Å². The normalized spacial score (nSPS) is 30.0. The highest BCUT2D eigenvalue weighted by Crippen LogP contribution is 2.52. The Morgan fingerprint density at radius 2 is 1.76 bits per heavy atom. The first-order valence-corrected chi connectivity index (χ1v) is 7.67. The molecule has 2 nitrogen and oxygen atoms in total. The van der Waals surface area contributed by atoms with Gasteiger partial charge in [0.15, 0.2) is 5.60 Å². The molecular formula is C18H17NOS. The van der Waals surface area contributed by atoms with Crippen molar-refractivity contribution in [2.24, 2.45) is 0 Å². The van der Waals surface area contributed by atoms with Crippen molar-refractivity contribution < 1.29 is 4.74 Å². The lowest BCUT2D eigenvalue weighted by molar-refractivity contribution is 0.0812. The maximum atomic E-state index is 6.32. The van der Waals surface area contributed by atoms with Crippen molar-refractivity contribution in [2.45, 2.75) is 24.5 Å². The first-order chi connectivity index (χ1) is 10.1. The Balaban J connectivity index is 2.03. The average molecular weight is 295 g/mol. The largest absolute Gasteiger partial charge is 0.452 e. The maximum Gasteiger partial charge on any atom is 0.260 e. The highest BCUT2D eigenvalue weighted by molar-refractivity contribution is 7.80. The summed E-state index contributed by atoms with van der Waals surface area (Å²) in [6, 6.07) is 19.4. The topological polar surface area (TPSA) is 12.5 Å². The van der Waals surface area contributed by atoms with Crippen LogP contribution in [0, 0.1) is 0 Å². The third kappa shape index (κ3) is 1.55. The van der Waals surface area contributed by atoms with E-state index in [1.165, 1.54) is 16.7 Å². The van der Waals surface area contributed by atoms with Crippen LogP contribution in [0.25, 0.3) is 0 Å². The molecule has 0 aromatic heterocycles. The molecule has 1 aliphatic carbocycles. The van der Waals surface area contributed by atoms with Crippen LogP contribution in [0.4, 0.5) is 0 Å². The fourth-order valence-corrected chi connectivity index (χ4v) is 4.14. The second-order valence-electron chi connectivity index (χ2n) is 5.94. The number of hydrogen-bond donors (Lipinski definition) is 0. The molecule has 1 aliphatic heterocycles. The Bertz CT molecular complexity index is 714. The molecule has 1 saturated heterocycles. The molecule has 2 unspecified atom stereocenters. The van der Waals surface area contributed by atoms with Crippen molar-refractivity contribution in [1.82, 2.24) is 4.90 Å². The maximum absolute atomic E-state index is 6.32. The lowest BCUT2D eigenvalue weighted by atomic mass is 9.69. The van der Waals surface area contributed by atoms with Gasteiger partial charge in [-0.3, -0.25) is 0 Å². The molecule has 1 fully saturated rings. The zero-order valence-electron chi connectivity index (χ0n) is 12.1. The van der Waals surface area contributed by atoms with E-state index in [0.29, 0.717) is 11.1 Å². The monoisotopic (exact) mass is 295 g/mol. The number of likely N-dealkylation sites (N-methyl/N-ethyl adjacent to an activating group) is 1. The van der Waals surface area contributed by atoms with Crippen LogP contribution < -0.4 is 0 Å². The molecule has 3 heteroatoms. The van der Waals surface area contributed by atoms with E-state index in [1.807, 2.05) is 13.1 Å². The fraction of sp³-hybridized carbons (Fsp3) is 0.278.